The lowest BCUT2D eigenvalue weighted by atomic mass is 9.45. The quantitative estimate of drug-likeness (QED) is 0.529. The zero-order chi connectivity index (χ0) is 13.1. The molecule has 4 rings (SSSR count). The van der Waals surface area contributed by atoms with Crippen LogP contribution >= 0.6 is 0 Å². The van der Waals surface area contributed by atoms with Crippen LogP contribution in [0.5, 0.6) is 0 Å². The average Bonchev–Trinajstić information content (AvgIpc) is 2.79. The molecular weight excluding hydrogens is 228 g/mol. The Balaban J connectivity index is 1.64. The third kappa shape index (κ3) is 1.70. The van der Waals surface area contributed by atoms with E-state index in [1.807, 2.05) is 0 Å². The summed E-state index contributed by atoms with van der Waals surface area (Å²) in [6.45, 7) is 5.27. The van der Waals surface area contributed by atoms with Crippen molar-refractivity contribution in [1.82, 2.24) is 0 Å². The lowest BCUT2D eigenvalue weighted by molar-refractivity contribution is -0.0977. The van der Waals surface area contributed by atoms with Crippen molar-refractivity contribution in [2.45, 2.75) is 78.1 Å². The van der Waals surface area contributed by atoms with Gasteiger partial charge in [0.25, 0.3) is 0 Å². The molecular formula is C19H31. The van der Waals surface area contributed by atoms with Gasteiger partial charge in [-0.3, -0.25) is 0 Å². The summed E-state index contributed by atoms with van der Waals surface area (Å²) in [4.78, 5) is 0. The molecule has 0 spiro atoms. The summed E-state index contributed by atoms with van der Waals surface area (Å²) in [6.07, 6.45) is 17.9. The predicted octanol–water partition coefficient (Wildman–Crippen LogP) is 5.62. The molecule has 4 saturated carbocycles. The van der Waals surface area contributed by atoms with E-state index in [2.05, 4.69) is 20.3 Å². The van der Waals surface area contributed by atoms with Crippen LogP contribution in [-0.2, 0) is 0 Å². The van der Waals surface area contributed by atoms with Crippen LogP contribution < -0.4 is 0 Å². The van der Waals surface area contributed by atoms with E-state index < -0.39 is 0 Å². The van der Waals surface area contributed by atoms with E-state index in [1.54, 1.807) is 32.1 Å². The molecule has 0 saturated heterocycles. The van der Waals surface area contributed by atoms with Gasteiger partial charge < -0.3 is 0 Å². The number of rotatable bonds is 0. The minimum absolute atomic E-state index is 0.624. The minimum atomic E-state index is 0.624. The van der Waals surface area contributed by atoms with Crippen LogP contribution in [0.25, 0.3) is 0 Å². The lowest BCUT2D eigenvalue weighted by Gasteiger charge is -2.60. The summed E-state index contributed by atoms with van der Waals surface area (Å²) in [5.74, 6) is 4.29. The normalized spacial score (nSPS) is 57.2. The maximum Gasteiger partial charge on any atom is -0.0264 e. The van der Waals surface area contributed by atoms with E-state index in [1.165, 1.54) is 32.1 Å². The van der Waals surface area contributed by atoms with Gasteiger partial charge in [-0.15, -0.1) is 0 Å². The fraction of sp³-hybridized carbons (Fsp3) is 0.947. The molecule has 6 atom stereocenters. The van der Waals surface area contributed by atoms with Gasteiger partial charge in [-0.25, -0.2) is 0 Å². The van der Waals surface area contributed by atoms with Crippen LogP contribution in [0.2, 0.25) is 0 Å². The highest BCUT2D eigenvalue weighted by Gasteiger charge is 2.57. The summed E-state index contributed by atoms with van der Waals surface area (Å²) in [7, 11) is 0. The first-order chi connectivity index (χ1) is 9.13. The van der Waals surface area contributed by atoms with Crippen LogP contribution in [0.4, 0.5) is 0 Å². The molecule has 0 nitrogen and oxygen atoms in total. The SMILES string of the molecule is C[C@@]12[CH]CC[C@H]1[C@@H]1CCC3CCCC[C@]3(C)[C@H]1CC2. The van der Waals surface area contributed by atoms with Crippen molar-refractivity contribution in [3.8, 4) is 0 Å². The molecule has 4 aliphatic carbocycles. The summed E-state index contributed by atoms with van der Waals surface area (Å²) < 4.78 is 0. The predicted molar refractivity (Wildman–Crippen MR) is 80.6 cm³/mol. The van der Waals surface area contributed by atoms with Crippen molar-refractivity contribution >= 4 is 0 Å². The average molecular weight is 259 g/mol. The van der Waals surface area contributed by atoms with Gasteiger partial charge >= 0.3 is 0 Å². The summed E-state index contributed by atoms with van der Waals surface area (Å²) in [5, 5.41) is 0. The summed E-state index contributed by atoms with van der Waals surface area (Å²) >= 11 is 0. The molecule has 19 heavy (non-hydrogen) atoms. The monoisotopic (exact) mass is 259 g/mol. The van der Waals surface area contributed by atoms with E-state index in [0.717, 1.165) is 29.1 Å². The summed E-state index contributed by atoms with van der Waals surface area (Å²) in [5.41, 5.74) is 1.35. The van der Waals surface area contributed by atoms with E-state index >= 15 is 0 Å². The van der Waals surface area contributed by atoms with E-state index in [-0.39, 0.29) is 0 Å². The highest BCUT2D eigenvalue weighted by molar-refractivity contribution is 5.11. The van der Waals surface area contributed by atoms with Crippen molar-refractivity contribution in [3.63, 3.8) is 0 Å². The second-order valence-electron chi connectivity index (χ2n) is 8.73. The van der Waals surface area contributed by atoms with E-state index in [4.69, 9.17) is 0 Å². The molecule has 0 heterocycles. The molecule has 0 aromatic heterocycles. The van der Waals surface area contributed by atoms with Crippen LogP contribution in [0.1, 0.15) is 78.1 Å². The Morgan fingerprint density at radius 3 is 2.63 bits per heavy atom. The van der Waals surface area contributed by atoms with Crippen LogP contribution in [0.3, 0.4) is 0 Å². The minimum Gasteiger partial charge on any atom is -0.0591 e. The third-order valence-electron chi connectivity index (χ3n) is 8.11. The van der Waals surface area contributed by atoms with Gasteiger partial charge in [0.1, 0.15) is 0 Å². The zero-order valence-electron chi connectivity index (χ0n) is 13.0. The van der Waals surface area contributed by atoms with Gasteiger partial charge in [0.2, 0.25) is 0 Å². The van der Waals surface area contributed by atoms with Crippen LogP contribution in [0, 0.1) is 40.9 Å². The molecule has 0 aliphatic heterocycles. The molecule has 0 amide bonds. The van der Waals surface area contributed by atoms with Gasteiger partial charge in [0.15, 0.2) is 0 Å². The van der Waals surface area contributed by atoms with Crippen molar-refractivity contribution in [3.05, 3.63) is 6.42 Å². The van der Waals surface area contributed by atoms with Crippen molar-refractivity contribution in [2.75, 3.05) is 0 Å². The third-order valence-corrected chi connectivity index (χ3v) is 8.11. The molecule has 0 aromatic rings. The molecule has 107 valence electrons. The van der Waals surface area contributed by atoms with Crippen LogP contribution in [-0.4, -0.2) is 0 Å². The molecule has 1 unspecified atom stereocenters. The maximum atomic E-state index is 2.70. The van der Waals surface area contributed by atoms with Crippen molar-refractivity contribution in [1.29, 1.82) is 0 Å². The van der Waals surface area contributed by atoms with Gasteiger partial charge in [0.05, 0.1) is 0 Å². The fourth-order valence-electron chi connectivity index (χ4n) is 7.03. The largest absolute Gasteiger partial charge is 0.0591 e. The highest BCUT2D eigenvalue weighted by atomic mass is 14.6. The van der Waals surface area contributed by atoms with Crippen molar-refractivity contribution in [2.24, 2.45) is 34.5 Å². The molecule has 0 N–H and O–H groups in total. The number of fused-ring (bicyclic) bond motifs is 5. The zero-order valence-corrected chi connectivity index (χ0v) is 13.0. The first-order valence-corrected chi connectivity index (χ1v) is 8.98. The van der Waals surface area contributed by atoms with E-state index in [9.17, 15) is 0 Å². The number of hydrogen-bond donors (Lipinski definition) is 0. The van der Waals surface area contributed by atoms with Crippen molar-refractivity contribution < 1.29 is 0 Å². The standard InChI is InChI=1S/C19H31/c1-18-11-5-7-16(18)15-9-8-14-6-3-4-12-19(14,2)17(15)10-13-18/h11,14-17H,3-10,12-13H2,1-2H3/t14?,15-,16-,17-,18-,19-/m0/s1. The van der Waals surface area contributed by atoms with Gasteiger partial charge in [-0.05, 0) is 92.3 Å². The Kier molecular flexibility index (Phi) is 2.84. The Morgan fingerprint density at radius 1 is 0.842 bits per heavy atom. The summed E-state index contributed by atoms with van der Waals surface area (Å²) in [6, 6.07) is 0. The highest BCUT2D eigenvalue weighted by Crippen LogP contribution is 2.65. The van der Waals surface area contributed by atoms with Crippen LogP contribution in [0.15, 0.2) is 0 Å². The molecule has 0 aromatic carbocycles. The second kappa shape index (κ2) is 4.25. The smallest absolute Gasteiger partial charge is 0.0264 e. The maximum absolute atomic E-state index is 2.70. The lowest BCUT2D eigenvalue weighted by Crippen LogP contribution is -2.51. The second-order valence-corrected chi connectivity index (χ2v) is 8.73. The Labute approximate surface area is 119 Å². The van der Waals surface area contributed by atoms with Gasteiger partial charge in [0, 0.05) is 0 Å². The first-order valence-electron chi connectivity index (χ1n) is 8.98. The fourth-order valence-corrected chi connectivity index (χ4v) is 7.03. The molecule has 0 bridgehead atoms. The van der Waals surface area contributed by atoms with E-state index in [0.29, 0.717) is 5.41 Å². The van der Waals surface area contributed by atoms with Gasteiger partial charge in [-0.1, -0.05) is 26.7 Å². The molecule has 0 heteroatoms. The first kappa shape index (κ1) is 12.7. The Bertz CT molecular complexity index is 359. The molecule has 4 fully saturated rings. The molecule has 1 radical (unpaired) electrons. The number of hydrogen-bond acceptors (Lipinski definition) is 0. The Morgan fingerprint density at radius 2 is 1.74 bits per heavy atom. The molecule has 4 aliphatic rings. The topological polar surface area (TPSA) is 0 Å². The Hall–Kier alpha value is 0. The van der Waals surface area contributed by atoms with Gasteiger partial charge in [-0.2, -0.15) is 0 Å².